The van der Waals surface area contributed by atoms with E-state index in [0.717, 1.165) is 44.7 Å². The molecule has 0 bridgehead atoms. The Bertz CT molecular complexity index is 725. The Balaban J connectivity index is 1.36. The molecule has 138 valence electrons. The molecule has 0 unspecified atom stereocenters. The summed E-state index contributed by atoms with van der Waals surface area (Å²) in [6, 6.07) is 15.6. The normalized spacial score (nSPS) is 15.0. The smallest absolute Gasteiger partial charge is 0.255 e. The number of phenols is 1. The van der Waals surface area contributed by atoms with Crippen LogP contribution >= 0.6 is 0 Å². The monoisotopic (exact) mass is 353 g/mol. The lowest BCUT2D eigenvalue weighted by Crippen LogP contribution is -2.47. The Kier molecular flexibility index (Phi) is 6.12. The first-order chi connectivity index (χ1) is 12.6. The molecule has 1 amide bonds. The number of aromatic hydroxyl groups is 1. The number of aryl methyl sites for hydroxylation is 1. The summed E-state index contributed by atoms with van der Waals surface area (Å²) in [6.45, 7) is 7.64. The molecule has 0 atom stereocenters. The molecule has 1 fully saturated rings. The van der Waals surface area contributed by atoms with Crippen molar-refractivity contribution >= 4 is 11.6 Å². The number of carbonyl (C=O) groups is 1. The van der Waals surface area contributed by atoms with Crippen molar-refractivity contribution in [3.05, 3.63) is 59.7 Å². The zero-order chi connectivity index (χ0) is 18.4. The fourth-order valence-electron chi connectivity index (χ4n) is 3.30. The minimum absolute atomic E-state index is 0.0412. The van der Waals surface area contributed by atoms with Crippen LogP contribution in [0.25, 0.3) is 0 Å². The van der Waals surface area contributed by atoms with Crippen LogP contribution in [-0.2, 0) is 0 Å². The fourth-order valence-corrected chi connectivity index (χ4v) is 3.30. The molecule has 5 nitrogen and oxygen atoms in total. The molecule has 0 spiro atoms. The number of hydrogen-bond donors (Lipinski definition) is 2. The predicted molar refractivity (Wildman–Crippen MR) is 105 cm³/mol. The quantitative estimate of drug-likeness (QED) is 0.784. The molecule has 2 aromatic rings. The van der Waals surface area contributed by atoms with Crippen molar-refractivity contribution in [1.82, 2.24) is 10.2 Å². The van der Waals surface area contributed by atoms with Crippen LogP contribution in [0.4, 0.5) is 5.69 Å². The van der Waals surface area contributed by atoms with Crippen LogP contribution in [0.15, 0.2) is 48.5 Å². The summed E-state index contributed by atoms with van der Waals surface area (Å²) < 4.78 is 0. The Morgan fingerprint density at radius 1 is 1.08 bits per heavy atom. The minimum atomic E-state index is -0.212. The lowest BCUT2D eigenvalue weighted by atomic mass is 10.1. The Morgan fingerprint density at radius 2 is 1.81 bits per heavy atom. The number of piperazine rings is 1. The maximum Gasteiger partial charge on any atom is 0.255 e. The van der Waals surface area contributed by atoms with Gasteiger partial charge in [-0.3, -0.25) is 9.69 Å². The number of phenolic OH excluding ortho intramolecular Hbond substituents is 1. The molecule has 0 aromatic heterocycles. The second kappa shape index (κ2) is 8.72. The fraction of sp³-hybridized carbons (Fsp3) is 0.381. The van der Waals surface area contributed by atoms with Crippen LogP contribution in [0, 0.1) is 6.92 Å². The molecular weight excluding hydrogens is 326 g/mol. The Hall–Kier alpha value is -2.53. The van der Waals surface area contributed by atoms with Crippen LogP contribution in [0.1, 0.15) is 22.3 Å². The van der Waals surface area contributed by atoms with Gasteiger partial charge in [-0.15, -0.1) is 0 Å². The van der Waals surface area contributed by atoms with Gasteiger partial charge in [-0.25, -0.2) is 0 Å². The summed E-state index contributed by atoms with van der Waals surface area (Å²) in [6.07, 6.45) is 0.906. The van der Waals surface area contributed by atoms with Crippen molar-refractivity contribution in [3.8, 4) is 5.75 Å². The van der Waals surface area contributed by atoms with E-state index in [4.69, 9.17) is 0 Å². The number of rotatable bonds is 6. The molecule has 26 heavy (non-hydrogen) atoms. The molecule has 1 heterocycles. The summed E-state index contributed by atoms with van der Waals surface area (Å²) >= 11 is 0. The van der Waals surface area contributed by atoms with E-state index in [9.17, 15) is 9.90 Å². The molecule has 5 heteroatoms. The number of benzene rings is 2. The highest BCUT2D eigenvalue weighted by atomic mass is 16.3. The summed E-state index contributed by atoms with van der Waals surface area (Å²) in [5.74, 6) is -0.170. The molecule has 1 aliphatic heterocycles. The first-order valence-corrected chi connectivity index (χ1v) is 9.23. The van der Waals surface area contributed by atoms with Crippen LogP contribution in [0.3, 0.4) is 0 Å². The third kappa shape index (κ3) is 4.76. The van der Waals surface area contributed by atoms with Crippen molar-refractivity contribution < 1.29 is 9.90 Å². The van der Waals surface area contributed by atoms with Crippen molar-refractivity contribution in [3.63, 3.8) is 0 Å². The number of nitrogens with zero attached hydrogens (tertiary/aromatic N) is 2. The van der Waals surface area contributed by atoms with Gasteiger partial charge < -0.3 is 15.3 Å². The predicted octanol–water partition coefficient (Wildman–Crippen LogP) is 2.64. The van der Waals surface area contributed by atoms with Crippen LogP contribution in [0.2, 0.25) is 0 Å². The van der Waals surface area contributed by atoms with Gasteiger partial charge in [-0.05, 0) is 49.7 Å². The van der Waals surface area contributed by atoms with Crippen molar-refractivity contribution in [2.24, 2.45) is 0 Å². The lowest BCUT2D eigenvalue weighted by molar-refractivity contribution is 0.0949. The Morgan fingerprint density at radius 3 is 2.50 bits per heavy atom. The van der Waals surface area contributed by atoms with E-state index in [1.807, 2.05) is 19.1 Å². The van der Waals surface area contributed by atoms with E-state index in [2.05, 4.69) is 39.4 Å². The molecular formula is C21H27N3O2. The van der Waals surface area contributed by atoms with E-state index < -0.39 is 0 Å². The molecule has 0 aliphatic carbocycles. The average Bonchev–Trinajstić information content (AvgIpc) is 2.66. The standard InChI is InChI=1S/C21H27N3O2/c1-17-8-9-19(20(25)16-17)21(26)22-10-5-11-23-12-14-24(15-13-23)18-6-3-2-4-7-18/h2-4,6-9,16,25H,5,10-15H2,1H3,(H,22,26). The van der Waals surface area contributed by atoms with E-state index in [1.54, 1.807) is 12.1 Å². The van der Waals surface area contributed by atoms with Gasteiger partial charge in [0.15, 0.2) is 0 Å². The molecule has 0 saturated carbocycles. The van der Waals surface area contributed by atoms with Gasteiger partial charge in [0.2, 0.25) is 0 Å². The number of anilines is 1. The number of nitrogens with one attached hydrogen (secondary N) is 1. The SMILES string of the molecule is Cc1ccc(C(=O)NCCCN2CCN(c3ccccc3)CC2)c(O)c1. The highest BCUT2D eigenvalue weighted by molar-refractivity contribution is 5.96. The van der Waals surface area contributed by atoms with E-state index in [0.29, 0.717) is 12.1 Å². The van der Waals surface area contributed by atoms with Crippen LogP contribution in [0.5, 0.6) is 5.75 Å². The average molecular weight is 353 g/mol. The minimum Gasteiger partial charge on any atom is -0.507 e. The van der Waals surface area contributed by atoms with E-state index >= 15 is 0 Å². The summed E-state index contributed by atoms with van der Waals surface area (Å²) in [5.41, 5.74) is 2.57. The van der Waals surface area contributed by atoms with Gasteiger partial charge >= 0.3 is 0 Å². The van der Waals surface area contributed by atoms with Crippen LogP contribution < -0.4 is 10.2 Å². The maximum absolute atomic E-state index is 12.1. The van der Waals surface area contributed by atoms with Gasteiger partial charge in [0.1, 0.15) is 5.75 Å². The number of amides is 1. The van der Waals surface area contributed by atoms with Crippen molar-refractivity contribution in [1.29, 1.82) is 0 Å². The molecule has 1 aliphatic rings. The molecule has 2 N–H and O–H groups in total. The van der Waals surface area contributed by atoms with E-state index in [1.165, 1.54) is 5.69 Å². The first-order valence-electron chi connectivity index (χ1n) is 9.23. The maximum atomic E-state index is 12.1. The van der Waals surface area contributed by atoms with Crippen molar-refractivity contribution in [2.45, 2.75) is 13.3 Å². The summed E-state index contributed by atoms with van der Waals surface area (Å²) in [7, 11) is 0. The summed E-state index contributed by atoms with van der Waals surface area (Å²) in [4.78, 5) is 17.0. The van der Waals surface area contributed by atoms with Gasteiger partial charge in [0, 0.05) is 38.4 Å². The number of hydrogen-bond acceptors (Lipinski definition) is 4. The number of carbonyl (C=O) groups excluding carboxylic acids is 1. The summed E-state index contributed by atoms with van der Waals surface area (Å²) in [5, 5.41) is 12.8. The topological polar surface area (TPSA) is 55.8 Å². The lowest BCUT2D eigenvalue weighted by Gasteiger charge is -2.36. The van der Waals surface area contributed by atoms with Gasteiger partial charge in [-0.2, -0.15) is 0 Å². The second-order valence-corrected chi connectivity index (χ2v) is 6.79. The van der Waals surface area contributed by atoms with E-state index in [-0.39, 0.29) is 11.7 Å². The largest absolute Gasteiger partial charge is 0.507 e. The molecule has 2 aromatic carbocycles. The molecule has 0 radical (unpaired) electrons. The first kappa shape index (κ1) is 18.3. The highest BCUT2D eigenvalue weighted by Crippen LogP contribution is 2.18. The highest BCUT2D eigenvalue weighted by Gasteiger charge is 2.16. The van der Waals surface area contributed by atoms with Crippen molar-refractivity contribution in [2.75, 3.05) is 44.2 Å². The zero-order valence-electron chi connectivity index (χ0n) is 15.3. The zero-order valence-corrected chi connectivity index (χ0v) is 15.3. The van der Waals surface area contributed by atoms with Gasteiger partial charge in [-0.1, -0.05) is 24.3 Å². The molecule has 1 saturated heterocycles. The third-order valence-corrected chi connectivity index (χ3v) is 4.83. The third-order valence-electron chi connectivity index (χ3n) is 4.83. The van der Waals surface area contributed by atoms with Gasteiger partial charge in [0.05, 0.1) is 5.56 Å². The van der Waals surface area contributed by atoms with Gasteiger partial charge in [0.25, 0.3) is 5.91 Å². The second-order valence-electron chi connectivity index (χ2n) is 6.79. The Labute approximate surface area is 155 Å². The number of para-hydroxylation sites is 1. The molecule has 3 rings (SSSR count). The van der Waals surface area contributed by atoms with Crippen LogP contribution in [-0.4, -0.2) is 55.2 Å².